The number of ether oxygens (including phenoxy) is 2. The van der Waals surface area contributed by atoms with Crippen LogP contribution < -0.4 is 0 Å². The third-order valence-electron chi connectivity index (χ3n) is 4.86. The average molecular weight is 582 g/mol. The van der Waals surface area contributed by atoms with Gasteiger partial charge >= 0.3 is 0 Å². The van der Waals surface area contributed by atoms with Gasteiger partial charge in [-0.15, -0.1) is 35.0 Å². The summed E-state index contributed by atoms with van der Waals surface area (Å²) in [5.74, 6) is 1.32. The molecule has 0 saturated heterocycles. The summed E-state index contributed by atoms with van der Waals surface area (Å²) in [6.07, 6.45) is 7.81. The molecule has 0 aromatic carbocycles. The lowest BCUT2D eigenvalue weighted by atomic mass is 10.2. The largest absolute Gasteiger partial charge is 0.472 e. The molecule has 0 bridgehead atoms. The Morgan fingerprint density at radius 3 is 1.71 bits per heavy atom. The standard InChI is InChI=1S/C11H13ClN2OS.C11H13ClN2O.CH2Cl2.CH4/c1-3-8-6-13-10(15-8)7-4-9(12)11(16-2)14-5-7;1-3-9-6-14-11(15-9)8-4-10(12)7(2)13-5-8;2-1-3;/h4-5,8H,3,6H2,1-2H3;4-5,9H,3,6H2,1-2H3;1H2;1H4. The summed E-state index contributed by atoms with van der Waals surface area (Å²) in [6, 6.07) is 3.71. The number of nitrogens with zero attached hydrogens (tertiary/aromatic N) is 4. The van der Waals surface area contributed by atoms with Crippen molar-refractivity contribution in [1.82, 2.24) is 9.97 Å². The van der Waals surface area contributed by atoms with Crippen LogP contribution >= 0.6 is 58.2 Å². The number of aliphatic imine (C=N–C) groups is 2. The molecule has 0 radical (unpaired) electrons. The van der Waals surface area contributed by atoms with Crippen LogP contribution in [0.3, 0.4) is 0 Å². The van der Waals surface area contributed by atoms with Gasteiger partial charge in [-0.2, -0.15) is 0 Å². The molecule has 2 aromatic heterocycles. The van der Waals surface area contributed by atoms with Crippen molar-refractivity contribution in [1.29, 1.82) is 0 Å². The Labute approximate surface area is 232 Å². The van der Waals surface area contributed by atoms with Gasteiger partial charge in [0.25, 0.3) is 0 Å². The van der Waals surface area contributed by atoms with E-state index in [1.807, 2.05) is 25.3 Å². The predicted octanol–water partition coefficient (Wildman–Crippen LogP) is 7.67. The molecule has 2 aliphatic rings. The van der Waals surface area contributed by atoms with Gasteiger partial charge in [0, 0.05) is 12.4 Å². The van der Waals surface area contributed by atoms with Crippen molar-refractivity contribution >= 4 is 70.0 Å². The van der Waals surface area contributed by atoms with E-state index in [0.29, 0.717) is 21.8 Å². The van der Waals surface area contributed by atoms with Gasteiger partial charge in [0.05, 0.1) is 45.3 Å². The lowest BCUT2D eigenvalue weighted by Crippen LogP contribution is -2.12. The Kier molecular flexibility index (Phi) is 15.0. The van der Waals surface area contributed by atoms with Crippen molar-refractivity contribution in [3.8, 4) is 0 Å². The zero-order chi connectivity index (χ0) is 25.1. The number of thioether (sulfide) groups is 1. The molecular formula is C24H32Cl4N4O2S. The number of pyridine rings is 2. The van der Waals surface area contributed by atoms with E-state index < -0.39 is 0 Å². The van der Waals surface area contributed by atoms with Crippen LogP contribution in [0.15, 0.2) is 39.5 Å². The van der Waals surface area contributed by atoms with Crippen molar-refractivity contribution in [2.75, 3.05) is 24.7 Å². The number of aromatic nitrogens is 2. The first-order valence-electron chi connectivity index (χ1n) is 10.7. The molecule has 2 unspecified atom stereocenters. The number of hydrogen-bond donors (Lipinski definition) is 0. The number of rotatable bonds is 5. The lowest BCUT2D eigenvalue weighted by molar-refractivity contribution is 0.220. The molecule has 35 heavy (non-hydrogen) atoms. The summed E-state index contributed by atoms with van der Waals surface area (Å²) in [7, 11) is 0. The second kappa shape index (κ2) is 16.5. The third kappa shape index (κ3) is 9.62. The highest BCUT2D eigenvalue weighted by Gasteiger charge is 2.21. The summed E-state index contributed by atoms with van der Waals surface area (Å²) in [4.78, 5) is 17.1. The number of hydrogen-bond acceptors (Lipinski definition) is 7. The van der Waals surface area contributed by atoms with Gasteiger partial charge in [-0.3, -0.25) is 4.98 Å². The summed E-state index contributed by atoms with van der Waals surface area (Å²) in [5, 5.41) is 2.33. The topological polar surface area (TPSA) is 69.0 Å². The van der Waals surface area contributed by atoms with Crippen molar-refractivity contribution in [3.05, 3.63) is 51.4 Å². The van der Waals surface area contributed by atoms with Gasteiger partial charge in [-0.25, -0.2) is 15.0 Å². The minimum absolute atomic E-state index is 0. The molecule has 11 heteroatoms. The third-order valence-corrected chi connectivity index (χ3v) is 6.36. The van der Waals surface area contributed by atoms with E-state index >= 15 is 0 Å². The second-order valence-electron chi connectivity index (χ2n) is 7.20. The van der Waals surface area contributed by atoms with Crippen LogP contribution in [0.2, 0.25) is 10.0 Å². The fraction of sp³-hybridized carbons (Fsp3) is 0.500. The molecule has 0 fully saturated rings. The summed E-state index contributed by atoms with van der Waals surface area (Å²) in [6.45, 7) is 7.51. The van der Waals surface area contributed by atoms with Gasteiger partial charge in [0.2, 0.25) is 11.8 Å². The molecule has 2 aromatic rings. The molecule has 0 spiro atoms. The van der Waals surface area contributed by atoms with Crippen molar-refractivity contribution in [2.45, 2.75) is 58.3 Å². The Morgan fingerprint density at radius 1 is 0.886 bits per heavy atom. The highest BCUT2D eigenvalue weighted by molar-refractivity contribution is 7.98. The minimum Gasteiger partial charge on any atom is -0.472 e. The molecule has 2 atom stereocenters. The Bertz CT molecular complexity index is 1010. The summed E-state index contributed by atoms with van der Waals surface area (Å²) >= 11 is 23.1. The molecule has 194 valence electrons. The van der Waals surface area contributed by atoms with Crippen LogP contribution in [0.5, 0.6) is 0 Å². The van der Waals surface area contributed by atoms with Crippen LogP contribution in [0.25, 0.3) is 0 Å². The van der Waals surface area contributed by atoms with E-state index in [4.69, 9.17) is 55.9 Å². The average Bonchev–Trinajstić information content (AvgIpc) is 3.51. The molecule has 0 saturated carbocycles. The van der Waals surface area contributed by atoms with Crippen molar-refractivity contribution in [3.63, 3.8) is 0 Å². The maximum Gasteiger partial charge on any atom is 0.218 e. The van der Waals surface area contributed by atoms with Gasteiger partial charge in [-0.05, 0) is 38.2 Å². The molecule has 2 aliphatic heterocycles. The molecule has 6 nitrogen and oxygen atoms in total. The van der Waals surface area contributed by atoms with Gasteiger partial charge in [-0.1, -0.05) is 44.5 Å². The monoisotopic (exact) mass is 580 g/mol. The van der Waals surface area contributed by atoms with Gasteiger partial charge < -0.3 is 9.47 Å². The highest BCUT2D eigenvalue weighted by atomic mass is 35.5. The summed E-state index contributed by atoms with van der Waals surface area (Å²) in [5.41, 5.74) is 2.55. The molecule has 0 N–H and O–H groups in total. The van der Waals surface area contributed by atoms with E-state index in [0.717, 1.165) is 47.8 Å². The number of alkyl halides is 2. The van der Waals surface area contributed by atoms with E-state index in [9.17, 15) is 0 Å². The fourth-order valence-corrected chi connectivity index (χ4v) is 3.87. The summed E-state index contributed by atoms with van der Waals surface area (Å²) < 4.78 is 11.3. The predicted molar refractivity (Wildman–Crippen MR) is 151 cm³/mol. The number of halogens is 4. The zero-order valence-electron chi connectivity index (χ0n) is 19.5. The smallest absolute Gasteiger partial charge is 0.218 e. The Balaban J connectivity index is 0.000000308. The zero-order valence-corrected chi connectivity index (χ0v) is 23.4. The van der Waals surface area contributed by atoms with Crippen LogP contribution in [-0.4, -0.2) is 58.7 Å². The lowest BCUT2D eigenvalue weighted by Gasteiger charge is -2.08. The first-order valence-corrected chi connectivity index (χ1v) is 13.8. The molecule has 4 rings (SSSR count). The number of aryl methyl sites for hydroxylation is 1. The Hall–Kier alpha value is -1.25. The molecule has 0 aliphatic carbocycles. The van der Waals surface area contributed by atoms with E-state index in [2.05, 4.69) is 33.8 Å². The van der Waals surface area contributed by atoms with Crippen LogP contribution in [0, 0.1) is 6.92 Å². The normalized spacial score (nSPS) is 17.9. The van der Waals surface area contributed by atoms with E-state index in [1.165, 1.54) is 11.8 Å². The maximum atomic E-state index is 6.08. The first-order chi connectivity index (χ1) is 16.4. The van der Waals surface area contributed by atoms with Gasteiger partial charge in [0.1, 0.15) is 17.2 Å². The maximum absolute atomic E-state index is 6.08. The molecule has 0 amide bonds. The van der Waals surface area contributed by atoms with Crippen LogP contribution in [-0.2, 0) is 9.47 Å². The minimum atomic E-state index is 0. The Morgan fingerprint density at radius 2 is 1.34 bits per heavy atom. The van der Waals surface area contributed by atoms with Crippen molar-refractivity contribution in [2.24, 2.45) is 9.98 Å². The second-order valence-corrected chi connectivity index (χ2v) is 9.61. The van der Waals surface area contributed by atoms with Gasteiger partial charge in [0.15, 0.2) is 0 Å². The fourth-order valence-electron chi connectivity index (χ4n) is 2.89. The first kappa shape index (κ1) is 31.8. The van der Waals surface area contributed by atoms with E-state index in [-0.39, 0.29) is 25.0 Å². The molecule has 4 heterocycles. The van der Waals surface area contributed by atoms with Crippen molar-refractivity contribution < 1.29 is 9.47 Å². The SMILES string of the molecule is C.CCC1CN=C(c2cnc(C)c(Cl)c2)O1.CCC1CN=C(c2cnc(SC)c(Cl)c2)O1.ClCCl. The van der Waals surface area contributed by atoms with Crippen LogP contribution in [0.1, 0.15) is 50.9 Å². The highest BCUT2D eigenvalue weighted by Crippen LogP contribution is 2.25. The quantitative estimate of drug-likeness (QED) is 0.267. The molecular weight excluding hydrogens is 550 g/mol. The van der Waals surface area contributed by atoms with Crippen LogP contribution in [0.4, 0.5) is 0 Å². The van der Waals surface area contributed by atoms with E-state index in [1.54, 1.807) is 12.4 Å².